The van der Waals surface area contributed by atoms with Gasteiger partial charge < -0.3 is 9.72 Å². The van der Waals surface area contributed by atoms with Gasteiger partial charge in [-0.3, -0.25) is 0 Å². The maximum Gasteiger partial charge on any atom is 0.157 e. The molecular formula is C23H14Cl2FN3O. The first-order valence-electron chi connectivity index (χ1n) is 8.96. The van der Waals surface area contributed by atoms with Crippen LogP contribution in [0.2, 0.25) is 10.0 Å². The Kier molecular flexibility index (Phi) is 5.71. The maximum absolute atomic E-state index is 13.0. The standard InChI is InChI=1S/C23H14Cl2FN3O/c24-18-10-15(9-16(12-27)23-28-20-3-1-2-4-21(20)29-23)11-19(25)22(18)30-13-14-5-7-17(26)8-6-14/h1-11H,13H2,(H,28,29)/b16-9+. The van der Waals surface area contributed by atoms with Gasteiger partial charge in [0.05, 0.1) is 26.7 Å². The fourth-order valence-electron chi connectivity index (χ4n) is 2.94. The van der Waals surface area contributed by atoms with Gasteiger partial charge in [0, 0.05) is 0 Å². The Morgan fingerprint density at radius 3 is 2.47 bits per heavy atom. The Morgan fingerprint density at radius 1 is 1.10 bits per heavy atom. The van der Waals surface area contributed by atoms with Gasteiger partial charge in [-0.25, -0.2) is 9.37 Å². The second-order valence-corrected chi connectivity index (χ2v) is 7.32. The molecule has 30 heavy (non-hydrogen) atoms. The largest absolute Gasteiger partial charge is 0.486 e. The Hall–Kier alpha value is -3.33. The number of nitrogens with zero attached hydrogens (tertiary/aromatic N) is 2. The minimum absolute atomic E-state index is 0.192. The first-order chi connectivity index (χ1) is 14.5. The molecule has 0 aliphatic rings. The summed E-state index contributed by atoms with van der Waals surface area (Å²) in [4.78, 5) is 7.58. The summed E-state index contributed by atoms with van der Waals surface area (Å²) in [5.41, 5.74) is 3.38. The van der Waals surface area contributed by atoms with Crippen molar-refractivity contribution in [1.29, 1.82) is 5.26 Å². The number of fused-ring (bicyclic) bond motifs is 1. The molecule has 0 bridgehead atoms. The molecule has 4 aromatic rings. The first-order valence-corrected chi connectivity index (χ1v) is 9.72. The monoisotopic (exact) mass is 437 g/mol. The second-order valence-electron chi connectivity index (χ2n) is 6.50. The molecule has 0 spiro atoms. The summed E-state index contributed by atoms with van der Waals surface area (Å²) in [6.45, 7) is 0.192. The number of benzene rings is 3. The smallest absolute Gasteiger partial charge is 0.157 e. The topological polar surface area (TPSA) is 61.7 Å². The van der Waals surface area contributed by atoms with Gasteiger partial charge in [0.15, 0.2) is 5.75 Å². The predicted octanol–water partition coefficient (Wildman–Crippen LogP) is 6.65. The number of para-hydroxylation sites is 2. The molecule has 0 aliphatic carbocycles. The third-order valence-electron chi connectivity index (χ3n) is 4.39. The highest BCUT2D eigenvalue weighted by atomic mass is 35.5. The molecule has 3 aromatic carbocycles. The zero-order chi connectivity index (χ0) is 21.1. The quantitative estimate of drug-likeness (QED) is 0.355. The lowest BCUT2D eigenvalue weighted by Gasteiger charge is -2.11. The molecule has 0 saturated carbocycles. The van der Waals surface area contributed by atoms with E-state index in [1.165, 1.54) is 12.1 Å². The maximum atomic E-state index is 13.0. The van der Waals surface area contributed by atoms with Crippen LogP contribution in [-0.4, -0.2) is 9.97 Å². The van der Waals surface area contributed by atoms with E-state index in [1.54, 1.807) is 30.3 Å². The van der Waals surface area contributed by atoms with E-state index < -0.39 is 0 Å². The van der Waals surface area contributed by atoms with Crippen LogP contribution in [-0.2, 0) is 6.61 Å². The van der Waals surface area contributed by atoms with Gasteiger partial charge in [0.2, 0.25) is 0 Å². The summed E-state index contributed by atoms with van der Waals surface area (Å²) < 4.78 is 18.7. The third kappa shape index (κ3) is 4.30. The summed E-state index contributed by atoms with van der Waals surface area (Å²) in [6, 6.07) is 19.0. The molecule has 7 heteroatoms. The van der Waals surface area contributed by atoms with Crippen LogP contribution in [0.5, 0.6) is 5.75 Å². The summed E-state index contributed by atoms with van der Waals surface area (Å²) in [5.74, 6) is 0.466. The molecule has 0 atom stereocenters. The van der Waals surface area contributed by atoms with E-state index in [0.29, 0.717) is 32.8 Å². The predicted molar refractivity (Wildman–Crippen MR) is 117 cm³/mol. The molecule has 0 unspecified atom stereocenters. The number of hydrogen-bond acceptors (Lipinski definition) is 3. The molecule has 4 rings (SSSR count). The number of imidazole rings is 1. The van der Waals surface area contributed by atoms with Crippen LogP contribution >= 0.6 is 23.2 Å². The molecule has 0 saturated heterocycles. The zero-order valence-electron chi connectivity index (χ0n) is 15.5. The number of rotatable bonds is 5. The van der Waals surface area contributed by atoms with Gasteiger partial charge in [-0.15, -0.1) is 0 Å². The van der Waals surface area contributed by atoms with E-state index in [9.17, 15) is 9.65 Å². The molecule has 1 aromatic heterocycles. The van der Waals surface area contributed by atoms with Crippen LogP contribution in [0.15, 0.2) is 60.7 Å². The number of aromatic nitrogens is 2. The lowest BCUT2D eigenvalue weighted by atomic mass is 10.1. The zero-order valence-corrected chi connectivity index (χ0v) is 17.0. The number of nitrogens with one attached hydrogen (secondary N) is 1. The van der Waals surface area contributed by atoms with Crippen molar-refractivity contribution in [3.05, 3.63) is 93.5 Å². The molecule has 0 amide bonds. The number of aromatic amines is 1. The van der Waals surface area contributed by atoms with Crippen molar-refractivity contribution in [3.63, 3.8) is 0 Å². The Balaban J connectivity index is 1.59. The Morgan fingerprint density at radius 2 is 1.80 bits per heavy atom. The Bertz CT molecular complexity index is 1230. The van der Waals surface area contributed by atoms with Crippen molar-refractivity contribution in [2.24, 2.45) is 0 Å². The van der Waals surface area contributed by atoms with E-state index in [4.69, 9.17) is 27.9 Å². The Labute approximate surface area is 182 Å². The van der Waals surface area contributed by atoms with Crippen molar-refractivity contribution in [3.8, 4) is 11.8 Å². The lowest BCUT2D eigenvalue weighted by molar-refractivity contribution is 0.306. The number of hydrogen-bond donors (Lipinski definition) is 1. The van der Waals surface area contributed by atoms with E-state index in [-0.39, 0.29) is 12.4 Å². The molecule has 4 nitrogen and oxygen atoms in total. The third-order valence-corrected chi connectivity index (χ3v) is 4.95. The van der Waals surface area contributed by atoms with Gasteiger partial charge in [-0.05, 0) is 53.6 Å². The highest BCUT2D eigenvalue weighted by Gasteiger charge is 2.12. The number of nitriles is 1. The summed E-state index contributed by atoms with van der Waals surface area (Å²) in [6.07, 6.45) is 1.65. The molecule has 0 radical (unpaired) electrons. The first kappa shape index (κ1) is 20.0. The molecule has 1 heterocycles. The molecule has 148 valence electrons. The van der Waals surface area contributed by atoms with Crippen molar-refractivity contribution >= 4 is 45.9 Å². The van der Waals surface area contributed by atoms with Crippen LogP contribution in [0, 0.1) is 17.1 Å². The average molecular weight is 438 g/mol. The number of H-pyrrole nitrogens is 1. The number of halogens is 3. The minimum atomic E-state index is -0.316. The van der Waals surface area contributed by atoms with E-state index in [0.717, 1.165) is 16.6 Å². The van der Waals surface area contributed by atoms with Gasteiger partial charge in [-0.1, -0.05) is 47.5 Å². The number of ether oxygens (including phenoxy) is 1. The van der Waals surface area contributed by atoms with Crippen molar-refractivity contribution in [2.45, 2.75) is 6.61 Å². The van der Waals surface area contributed by atoms with Crippen molar-refractivity contribution < 1.29 is 9.13 Å². The number of allylic oxidation sites excluding steroid dienone is 1. The van der Waals surface area contributed by atoms with Crippen molar-refractivity contribution in [1.82, 2.24) is 9.97 Å². The van der Waals surface area contributed by atoms with Crippen LogP contribution in [0.25, 0.3) is 22.7 Å². The summed E-state index contributed by atoms with van der Waals surface area (Å²) >= 11 is 12.7. The van der Waals surface area contributed by atoms with Crippen LogP contribution in [0.1, 0.15) is 17.0 Å². The van der Waals surface area contributed by atoms with Crippen molar-refractivity contribution in [2.75, 3.05) is 0 Å². The SMILES string of the molecule is N#C/C(=C\c1cc(Cl)c(OCc2ccc(F)cc2)c(Cl)c1)c1nc2ccccc2[nH]1. The molecule has 0 fully saturated rings. The highest BCUT2D eigenvalue weighted by Crippen LogP contribution is 2.36. The van der Waals surface area contributed by atoms with E-state index in [1.807, 2.05) is 24.3 Å². The molecule has 0 aliphatic heterocycles. The normalized spacial score (nSPS) is 11.5. The van der Waals surface area contributed by atoms with Gasteiger partial charge in [0.25, 0.3) is 0 Å². The van der Waals surface area contributed by atoms with E-state index in [2.05, 4.69) is 16.0 Å². The summed E-state index contributed by atoms with van der Waals surface area (Å²) in [5, 5.41) is 10.2. The van der Waals surface area contributed by atoms with Gasteiger partial charge >= 0.3 is 0 Å². The van der Waals surface area contributed by atoms with Crippen LogP contribution < -0.4 is 4.74 Å². The highest BCUT2D eigenvalue weighted by molar-refractivity contribution is 6.37. The molecule has 1 N–H and O–H groups in total. The van der Waals surface area contributed by atoms with Crippen LogP contribution in [0.3, 0.4) is 0 Å². The van der Waals surface area contributed by atoms with Gasteiger partial charge in [0.1, 0.15) is 24.3 Å². The fraction of sp³-hybridized carbons (Fsp3) is 0.0435. The fourth-order valence-corrected chi connectivity index (χ4v) is 3.55. The molecular weight excluding hydrogens is 424 g/mol. The average Bonchev–Trinajstić information content (AvgIpc) is 3.16. The van der Waals surface area contributed by atoms with E-state index >= 15 is 0 Å². The van der Waals surface area contributed by atoms with Gasteiger partial charge in [-0.2, -0.15) is 5.26 Å². The van der Waals surface area contributed by atoms with Crippen LogP contribution in [0.4, 0.5) is 4.39 Å². The minimum Gasteiger partial charge on any atom is -0.486 e. The second kappa shape index (κ2) is 8.58. The lowest BCUT2D eigenvalue weighted by Crippen LogP contribution is -1.97. The summed E-state index contributed by atoms with van der Waals surface area (Å²) in [7, 11) is 0.